The molecule has 94 valence electrons. The van der Waals surface area contributed by atoms with Crippen molar-refractivity contribution in [3.63, 3.8) is 0 Å². The molecule has 0 aliphatic heterocycles. The fraction of sp³-hybridized carbons (Fsp3) is 0.429. The standard InChI is InChI=1S/C14H17N3S/c1-9-3-4-10(2)12(7-9)14-13(18-17-16-14)8-15-11-5-6-11/h3-4,7,11,15H,5-6,8H2,1-2H3. The Balaban J connectivity index is 1.90. The van der Waals surface area contributed by atoms with Crippen LogP contribution < -0.4 is 5.32 Å². The van der Waals surface area contributed by atoms with Gasteiger partial charge in [0, 0.05) is 18.2 Å². The second-order valence-electron chi connectivity index (χ2n) is 5.02. The third-order valence-electron chi connectivity index (χ3n) is 3.33. The van der Waals surface area contributed by atoms with Crippen molar-refractivity contribution in [2.24, 2.45) is 0 Å². The van der Waals surface area contributed by atoms with Crippen LogP contribution in [0.1, 0.15) is 28.8 Å². The van der Waals surface area contributed by atoms with Gasteiger partial charge in [0.1, 0.15) is 5.69 Å². The zero-order chi connectivity index (χ0) is 12.5. The lowest BCUT2D eigenvalue weighted by molar-refractivity contribution is 0.695. The van der Waals surface area contributed by atoms with Crippen molar-refractivity contribution in [3.8, 4) is 11.3 Å². The van der Waals surface area contributed by atoms with Crippen LogP contribution in [0.4, 0.5) is 0 Å². The minimum absolute atomic E-state index is 0.721. The first-order chi connectivity index (χ1) is 8.74. The maximum atomic E-state index is 4.32. The monoisotopic (exact) mass is 259 g/mol. The van der Waals surface area contributed by atoms with Crippen molar-refractivity contribution in [3.05, 3.63) is 34.2 Å². The van der Waals surface area contributed by atoms with E-state index in [0.717, 1.165) is 18.3 Å². The first kappa shape index (κ1) is 11.8. The average molecular weight is 259 g/mol. The Labute approximate surface area is 111 Å². The first-order valence-corrected chi connectivity index (χ1v) is 7.13. The van der Waals surface area contributed by atoms with E-state index in [9.17, 15) is 0 Å². The Morgan fingerprint density at radius 2 is 2.17 bits per heavy atom. The maximum Gasteiger partial charge on any atom is 0.110 e. The molecule has 1 saturated carbocycles. The number of aryl methyl sites for hydroxylation is 2. The number of rotatable bonds is 4. The number of aromatic nitrogens is 2. The third-order valence-corrected chi connectivity index (χ3v) is 4.05. The summed E-state index contributed by atoms with van der Waals surface area (Å²) >= 11 is 1.51. The quantitative estimate of drug-likeness (QED) is 0.917. The predicted molar refractivity (Wildman–Crippen MR) is 74.7 cm³/mol. The summed E-state index contributed by atoms with van der Waals surface area (Å²) in [4.78, 5) is 1.25. The zero-order valence-electron chi connectivity index (χ0n) is 10.7. The van der Waals surface area contributed by atoms with Crippen LogP contribution in [0.25, 0.3) is 11.3 Å². The highest BCUT2D eigenvalue weighted by Gasteiger charge is 2.21. The van der Waals surface area contributed by atoms with Gasteiger partial charge in [-0.15, -0.1) is 5.10 Å². The summed E-state index contributed by atoms with van der Waals surface area (Å²) in [6, 6.07) is 7.22. The molecule has 18 heavy (non-hydrogen) atoms. The van der Waals surface area contributed by atoms with Crippen molar-refractivity contribution < 1.29 is 0 Å². The van der Waals surface area contributed by atoms with E-state index in [1.807, 2.05) is 0 Å². The van der Waals surface area contributed by atoms with Crippen LogP contribution >= 0.6 is 11.5 Å². The largest absolute Gasteiger partial charge is 0.309 e. The molecule has 1 aromatic carbocycles. The average Bonchev–Trinajstić information content (AvgIpc) is 3.08. The summed E-state index contributed by atoms with van der Waals surface area (Å²) < 4.78 is 4.12. The molecule has 3 nitrogen and oxygen atoms in total. The van der Waals surface area contributed by atoms with E-state index in [4.69, 9.17) is 0 Å². The van der Waals surface area contributed by atoms with E-state index in [1.54, 1.807) is 0 Å². The van der Waals surface area contributed by atoms with Gasteiger partial charge in [0.25, 0.3) is 0 Å². The zero-order valence-corrected chi connectivity index (χ0v) is 11.5. The Bertz CT molecular complexity index is 558. The summed E-state index contributed by atoms with van der Waals surface area (Å²) in [6.45, 7) is 5.14. The number of nitrogens with one attached hydrogen (secondary N) is 1. The van der Waals surface area contributed by atoms with Crippen molar-refractivity contribution >= 4 is 11.5 Å². The van der Waals surface area contributed by atoms with Crippen LogP contribution in [0, 0.1) is 13.8 Å². The minimum Gasteiger partial charge on any atom is -0.309 e. The van der Waals surface area contributed by atoms with Crippen LogP contribution in [0.3, 0.4) is 0 Å². The molecule has 0 saturated heterocycles. The first-order valence-electron chi connectivity index (χ1n) is 6.36. The van der Waals surface area contributed by atoms with Crippen molar-refractivity contribution in [2.75, 3.05) is 0 Å². The summed E-state index contributed by atoms with van der Waals surface area (Å²) in [6.07, 6.45) is 2.62. The van der Waals surface area contributed by atoms with E-state index >= 15 is 0 Å². The topological polar surface area (TPSA) is 37.8 Å². The van der Waals surface area contributed by atoms with E-state index in [-0.39, 0.29) is 0 Å². The molecule has 1 aliphatic rings. The highest BCUT2D eigenvalue weighted by atomic mass is 32.1. The molecule has 2 aromatic rings. The molecule has 0 radical (unpaired) electrons. The fourth-order valence-electron chi connectivity index (χ4n) is 2.05. The van der Waals surface area contributed by atoms with Crippen LogP contribution in [-0.4, -0.2) is 15.6 Å². The molecule has 0 spiro atoms. The van der Waals surface area contributed by atoms with E-state index in [2.05, 4.69) is 47.0 Å². The van der Waals surface area contributed by atoms with Gasteiger partial charge >= 0.3 is 0 Å². The summed E-state index contributed by atoms with van der Waals surface area (Å²) in [5.41, 5.74) is 4.80. The second kappa shape index (κ2) is 4.78. The van der Waals surface area contributed by atoms with Gasteiger partial charge in [-0.1, -0.05) is 22.2 Å². The van der Waals surface area contributed by atoms with Crippen molar-refractivity contribution in [1.82, 2.24) is 14.9 Å². The molecular formula is C14H17N3S. The number of hydrogen-bond acceptors (Lipinski definition) is 4. The lowest BCUT2D eigenvalue weighted by atomic mass is 10.0. The lowest BCUT2D eigenvalue weighted by Gasteiger charge is -2.07. The fourth-order valence-corrected chi connectivity index (χ4v) is 2.65. The van der Waals surface area contributed by atoms with Crippen LogP contribution in [-0.2, 0) is 6.54 Å². The van der Waals surface area contributed by atoms with Gasteiger partial charge < -0.3 is 5.32 Å². The van der Waals surface area contributed by atoms with Gasteiger partial charge in [0.05, 0.1) is 4.88 Å². The minimum atomic E-state index is 0.721. The number of hydrogen-bond donors (Lipinski definition) is 1. The molecular weight excluding hydrogens is 242 g/mol. The molecule has 1 heterocycles. The van der Waals surface area contributed by atoms with Crippen LogP contribution in [0.5, 0.6) is 0 Å². The molecule has 1 aromatic heterocycles. The van der Waals surface area contributed by atoms with Gasteiger partial charge in [-0.3, -0.25) is 0 Å². The Morgan fingerprint density at radius 3 is 2.94 bits per heavy atom. The normalized spacial score (nSPS) is 15.0. The SMILES string of the molecule is Cc1ccc(C)c(-c2nnsc2CNC2CC2)c1. The van der Waals surface area contributed by atoms with Gasteiger partial charge in [0.15, 0.2) is 0 Å². The van der Waals surface area contributed by atoms with Gasteiger partial charge in [-0.2, -0.15) is 0 Å². The molecule has 1 aliphatic carbocycles. The Morgan fingerprint density at radius 1 is 1.33 bits per heavy atom. The predicted octanol–water partition coefficient (Wildman–Crippen LogP) is 3.07. The lowest BCUT2D eigenvalue weighted by Crippen LogP contribution is -2.15. The van der Waals surface area contributed by atoms with Crippen molar-refractivity contribution in [1.29, 1.82) is 0 Å². The highest BCUT2D eigenvalue weighted by molar-refractivity contribution is 7.05. The molecule has 0 unspecified atom stereocenters. The smallest absolute Gasteiger partial charge is 0.110 e. The molecule has 1 N–H and O–H groups in total. The van der Waals surface area contributed by atoms with E-state index in [0.29, 0.717) is 0 Å². The molecule has 3 rings (SSSR count). The third kappa shape index (κ3) is 2.44. The van der Waals surface area contributed by atoms with Gasteiger partial charge in [-0.05, 0) is 49.9 Å². The van der Waals surface area contributed by atoms with Crippen LogP contribution in [0.15, 0.2) is 18.2 Å². The summed E-state index contributed by atoms with van der Waals surface area (Å²) in [7, 11) is 0. The van der Waals surface area contributed by atoms with Crippen molar-refractivity contribution in [2.45, 2.75) is 39.3 Å². The highest BCUT2D eigenvalue weighted by Crippen LogP contribution is 2.28. The molecule has 0 bridgehead atoms. The van der Waals surface area contributed by atoms with E-state index < -0.39 is 0 Å². The molecule has 4 heteroatoms. The molecule has 1 fully saturated rings. The van der Waals surface area contributed by atoms with Gasteiger partial charge in [-0.25, -0.2) is 0 Å². The number of benzene rings is 1. The maximum absolute atomic E-state index is 4.32. The Hall–Kier alpha value is -1.26. The molecule has 0 amide bonds. The molecule has 0 atom stereocenters. The Kier molecular flexibility index (Phi) is 3.14. The van der Waals surface area contributed by atoms with E-state index in [1.165, 1.54) is 45.9 Å². The van der Waals surface area contributed by atoms with Crippen LogP contribution in [0.2, 0.25) is 0 Å². The van der Waals surface area contributed by atoms with Gasteiger partial charge in [0.2, 0.25) is 0 Å². The second-order valence-corrected chi connectivity index (χ2v) is 5.86. The number of nitrogens with zero attached hydrogens (tertiary/aromatic N) is 2. The summed E-state index contributed by atoms with van der Waals surface area (Å²) in [5, 5.41) is 7.85. The summed E-state index contributed by atoms with van der Waals surface area (Å²) in [5.74, 6) is 0.